The van der Waals surface area contributed by atoms with Gasteiger partial charge in [-0.2, -0.15) is 0 Å². The van der Waals surface area contributed by atoms with Gasteiger partial charge in [0.15, 0.2) is 18.9 Å². The molecule has 3 saturated heterocycles. The van der Waals surface area contributed by atoms with Gasteiger partial charge in [0.1, 0.15) is 67.1 Å². The first-order chi connectivity index (χ1) is 17.0. The molecule has 3 rings (SSSR count). The zero-order chi connectivity index (χ0) is 26.7. The molecule has 3 aliphatic heterocycles. The topological polar surface area (TPSA) is 297 Å². The summed E-state index contributed by atoms with van der Waals surface area (Å²) in [7, 11) is 0. The zero-order valence-electron chi connectivity index (χ0n) is 18.6. The molecule has 0 saturated carbocycles. The standard InChI is InChI=1S/C18H31N3O15/c19-21-20-1-4-14(35-17-12(29)8(25)7(24)5(2-22)34-17)10(27)13(30)18(33-4)36-15-6(3-23)32-16(31)11(28)9(15)26/h4-18,22-31H,1-3H2/t4-,5-,6-,7-,8+,9-,10-,11-,12-,13-,14-,15-,16+,17-,18-/m1/s1. The van der Waals surface area contributed by atoms with E-state index in [-0.39, 0.29) is 0 Å². The van der Waals surface area contributed by atoms with Crippen LogP contribution in [0.5, 0.6) is 0 Å². The molecule has 10 N–H and O–H groups in total. The van der Waals surface area contributed by atoms with Gasteiger partial charge in [0.25, 0.3) is 0 Å². The Morgan fingerprint density at radius 3 is 1.67 bits per heavy atom. The van der Waals surface area contributed by atoms with Crippen LogP contribution < -0.4 is 0 Å². The van der Waals surface area contributed by atoms with Crippen molar-refractivity contribution in [2.45, 2.75) is 92.1 Å². The summed E-state index contributed by atoms with van der Waals surface area (Å²) >= 11 is 0. The lowest BCUT2D eigenvalue weighted by atomic mass is 9.96. The van der Waals surface area contributed by atoms with Crippen LogP contribution in [0.3, 0.4) is 0 Å². The molecular formula is C18H31N3O15. The summed E-state index contributed by atoms with van der Waals surface area (Å²) in [5.74, 6) is 0. The molecule has 3 aliphatic rings. The Morgan fingerprint density at radius 1 is 0.611 bits per heavy atom. The number of ether oxygens (including phenoxy) is 5. The second-order valence-corrected chi connectivity index (χ2v) is 8.57. The van der Waals surface area contributed by atoms with Crippen LogP contribution >= 0.6 is 0 Å². The summed E-state index contributed by atoms with van der Waals surface area (Å²) in [6, 6.07) is 0. The van der Waals surface area contributed by atoms with E-state index >= 15 is 0 Å². The maximum Gasteiger partial charge on any atom is 0.187 e. The molecule has 0 unspecified atom stereocenters. The highest BCUT2D eigenvalue weighted by Gasteiger charge is 2.53. The van der Waals surface area contributed by atoms with Crippen molar-refractivity contribution in [3.8, 4) is 0 Å². The Hall–Kier alpha value is -1.29. The normalized spacial score (nSPS) is 49.9. The number of aliphatic hydroxyl groups excluding tert-OH is 10. The van der Waals surface area contributed by atoms with Gasteiger partial charge in [0.2, 0.25) is 0 Å². The Morgan fingerprint density at radius 2 is 1.11 bits per heavy atom. The molecule has 18 nitrogen and oxygen atoms in total. The summed E-state index contributed by atoms with van der Waals surface area (Å²) < 4.78 is 26.7. The summed E-state index contributed by atoms with van der Waals surface area (Å²) in [4.78, 5) is 2.58. The predicted octanol–water partition coefficient (Wildman–Crippen LogP) is -6.25. The second kappa shape index (κ2) is 12.5. The molecule has 15 atom stereocenters. The highest BCUT2D eigenvalue weighted by atomic mass is 16.7. The molecule has 0 aromatic heterocycles. The fraction of sp³-hybridized carbons (Fsp3) is 1.00. The Labute approximate surface area is 203 Å². The largest absolute Gasteiger partial charge is 0.394 e. The van der Waals surface area contributed by atoms with Crippen molar-refractivity contribution in [1.29, 1.82) is 0 Å². The van der Waals surface area contributed by atoms with E-state index in [9.17, 15) is 51.1 Å². The van der Waals surface area contributed by atoms with E-state index in [1.807, 2.05) is 0 Å². The molecule has 0 aromatic rings. The minimum absolute atomic E-state index is 0.517. The Kier molecular flexibility index (Phi) is 10.2. The van der Waals surface area contributed by atoms with Crippen LogP contribution in [0.1, 0.15) is 0 Å². The highest BCUT2D eigenvalue weighted by Crippen LogP contribution is 2.32. The van der Waals surface area contributed by atoms with Crippen LogP contribution in [0, 0.1) is 0 Å². The van der Waals surface area contributed by atoms with Gasteiger partial charge >= 0.3 is 0 Å². The predicted molar refractivity (Wildman–Crippen MR) is 108 cm³/mol. The van der Waals surface area contributed by atoms with E-state index in [1.165, 1.54) is 0 Å². The second-order valence-electron chi connectivity index (χ2n) is 8.57. The number of nitrogens with zero attached hydrogens (tertiary/aromatic N) is 3. The summed E-state index contributed by atoms with van der Waals surface area (Å²) in [6.07, 6.45) is -25.4. The molecule has 208 valence electrons. The van der Waals surface area contributed by atoms with Crippen molar-refractivity contribution in [1.82, 2.24) is 0 Å². The first-order valence-electron chi connectivity index (χ1n) is 11.0. The fourth-order valence-corrected chi connectivity index (χ4v) is 4.17. The van der Waals surface area contributed by atoms with Gasteiger partial charge in [-0.15, -0.1) is 0 Å². The zero-order valence-corrected chi connectivity index (χ0v) is 18.6. The average molecular weight is 529 g/mol. The number of azide groups is 1. The van der Waals surface area contributed by atoms with Gasteiger partial charge in [-0.3, -0.25) is 0 Å². The third-order valence-corrected chi connectivity index (χ3v) is 6.24. The van der Waals surface area contributed by atoms with Gasteiger partial charge in [-0.25, -0.2) is 0 Å². The number of hydrogen-bond donors (Lipinski definition) is 10. The molecule has 0 radical (unpaired) electrons. The molecule has 0 bridgehead atoms. The summed E-state index contributed by atoms with van der Waals surface area (Å²) in [5.41, 5.74) is 8.71. The summed E-state index contributed by atoms with van der Waals surface area (Å²) in [5, 5.41) is 103. The maximum atomic E-state index is 10.7. The number of aliphatic hydroxyl groups is 10. The van der Waals surface area contributed by atoms with Gasteiger partial charge in [0.05, 0.1) is 25.9 Å². The quantitative estimate of drug-likeness (QED) is 0.0794. The van der Waals surface area contributed by atoms with Crippen LogP contribution in [0.2, 0.25) is 0 Å². The molecular weight excluding hydrogens is 498 g/mol. The van der Waals surface area contributed by atoms with Crippen LogP contribution in [0.4, 0.5) is 0 Å². The van der Waals surface area contributed by atoms with Crippen molar-refractivity contribution in [3.05, 3.63) is 10.4 Å². The third-order valence-electron chi connectivity index (χ3n) is 6.24. The molecule has 36 heavy (non-hydrogen) atoms. The van der Waals surface area contributed by atoms with Gasteiger partial charge < -0.3 is 74.7 Å². The van der Waals surface area contributed by atoms with E-state index in [2.05, 4.69) is 10.0 Å². The first kappa shape index (κ1) is 29.3. The van der Waals surface area contributed by atoms with Crippen LogP contribution in [0.15, 0.2) is 5.11 Å². The molecule has 0 amide bonds. The molecule has 0 aromatic carbocycles. The fourth-order valence-electron chi connectivity index (χ4n) is 4.17. The van der Waals surface area contributed by atoms with Gasteiger partial charge in [-0.1, -0.05) is 5.11 Å². The van der Waals surface area contributed by atoms with Crippen molar-refractivity contribution in [2.75, 3.05) is 19.8 Å². The minimum Gasteiger partial charge on any atom is -0.394 e. The SMILES string of the molecule is [N-]=[N+]=NC[C@H]1O[C@H](O[C@H]2[C@H](O)[C@@H](O)[C@@H](O)O[C@@H]2CO)[C@H](O)[C@@H](O)[C@@H]1O[C@H]1O[C@H](CO)[C@@H](O)[C@H](O)[C@H]1O. The van der Waals surface area contributed by atoms with E-state index in [0.29, 0.717) is 0 Å². The molecule has 18 heteroatoms. The van der Waals surface area contributed by atoms with Crippen LogP contribution in [-0.4, -0.2) is 163 Å². The monoisotopic (exact) mass is 529 g/mol. The Bertz CT molecular complexity index is 757. The number of rotatable bonds is 8. The lowest BCUT2D eigenvalue weighted by Gasteiger charge is -2.48. The van der Waals surface area contributed by atoms with Crippen molar-refractivity contribution < 1.29 is 74.7 Å². The lowest BCUT2D eigenvalue weighted by Crippen LogP contribution is -2.66. The van der Waals surface area contributed by atoms with Gasteiger partial charge in [-0.05, 0) is 5.53 Å². The third kappa shape index (κ3) is 5.89. The smallest absolute Gasteiger partial charge is 0.187 e. The van der Waals surface area contributed by atoms with Crippen molar-refractivity contribution >= 4 is 0 Å². The Balaban J connectivity index is 1.78. The summed E-state index contributed by atoms with van der Waals surface area (Å²) in [6.45, 7) is -2.05. The average Bonchev–Trinajstić information content (AvgIpc) is 2.87. The van der Waals surface area contributed by atoms with Gasteiger partial charge in [0, 0.05) is 4.91 Å². The lowest BCUT2D eigenvalue weighted by molar-refractivity contribution is -0.374. The minimum atomic E-state index is -1.93. The molecule has 3 fully saturated rings. The maximum absolute atomic E-state index is 10.7. The van der Waals surface area contributed by atoms with Crippen LogP contribution in [0.25, 0.3) is 10.4 Å². The van der Waals surface area contributed by atoms with Crippen molar-refractivity contribution in [2.24, 2.45) is 5.11 Å². The van der Waals surface area contributed by atoms with E-state index in [0.717, 1.165) is 0 Å². The molecule has 3 heterocycles. The molecule has 0 spiro atoms. The van der Waals surface area contributed by atoms with Crippen LogP contribution in [-0.2, 0) is 23.7 Å². The van der Waals surface area contributed by atoms with E-state index in [4.69, 9.17) is 29.2 Å². The van der Waals surface area contributed by atoms with E-state index in [1.54, 1.807) is 0 Å². The molecule has 0 aliphatic carbocycles. The van der Waals surface area contributed by atoms with E-state index < -0.39 is 112 Å². The van der Waals surface area contributed by atoms with Crippen molar-refractivity contribution in [3.63, 3.8) is 0 Å². The first-order valence-corrected chi connectivity index (χ1v) is 11.0. The number of hydrogen-bond acceptors (Lipinski definition) is 16. The highest BCUT2D eigenvalue weighted by molar-refractivity contribution is 4.96.